The maximum Gasteiger partial charge on any atom is 0.326 e. The molecule has 15 nitrogen and oxygen atoms in total. The largest absolute Gasteiger partial charge is 0.481 e. The number of nitrogens with zero attached hydrogens (tertiary/aromatic N) is 1. The summed E-state index contributed by atoms with van der Waals surface area (Å²) in [6.07, 6.45) is -1.92. The Morgan fingerprint density at radius 2 is 1.55 bits per heavy atom. The van der Waals surface area contributed by atoms with E-state index in [-0.39, 0.29) is 31.1 Å². The minimum absolute atomic E-state index is 0.0326. The highest BCUT2D eigenvalue weighted by Crippen LogP contribution is 2.03. The number of carboxylic acid groups (broad SMARTS) is 2. The summed E-state index contributed by atoms with van der Waals surface area (Å²) in [5.41, 5.74) is 15.8. The van der Waals surface area contributed by atoms with E-state index in [1.54, 1.807) is 0 Å². The minimum atomic E-state index is -1.57. The number of carbonyl (C=O) groups is 5. The lowest BCUT2D eigenvalue weighted by atomic mass is 10.1. The summed E-state index contributed by atoms with van der Waals surface area (Å²) in [5, 5.41) is 34.5. The van der Waals surface area contributed by atoms with Crippen molar-refractivity contribution in [2.75, 3.05) is 12.3 Å². The van der Waals surface area contributed by atoms with Crippen molar-refractivity contribution in [3.05, 3.63) is 0 Å². The van der Waals surface area contributed by atoms with Gasteiger partial charge >= 0.3 is 11.9 Å². The number of hydrogen-bond donors (Lipinski definition) is 10. The smallest absolute Gasteiger partial charge is 0.326 e. The molecule has 33 heavy (non-hydrogen) atoms. The second-order valence-corrected chi connectivity index (χ2v) is 7.39. The van der Waals surface area contributed by atoms with Crippen LogP contribution in [0.1, 0.15) is 26.2 Å². The molecular formula is C17H31N7O8S. The van der Waals surface area contributed by atoms with Crippen molar-refractivity contribution in [2.24, 2.45) is 22.2 Å². The van der Waals surface area contributed by atoms with Gasteiger partial charge in [-0.3, -0.25) is 24.2 Å². The molecule has 3 amide bonds. The van der Waals surface area contributed by atoms with E-state index in [2.05, 4.69) is 33.6 Å². The predicted molar refractivity (Wildman–Crippen MR) is 119 cm³/mol. The summed E-state index contributed by atoms with van der Waals surface area (Å²) in [4.78, 5) is 62.8. The molecule has 0 aromatic carbocycles. The van der Waals surface area contributed by atoms with Gasteiger partial charge in [0.05, 0.1) is 18.6 Å². The number of aliphatic hydroxyl groups is 1. The number of aliphatic imine (C=N–C) groups is 1. The van der Waals surface area contributed by atoms with E-state index < -0.39 is 66.4 Å². The lowest BCUT2D eigenvalue weighted by Crippen LogP contribution is -2.60. The van der Waals surface area contributed by atoms with Crippen molar-refractivity contribution in [2.45, 2.75) is 56.5 Å². The Morgan fingerprint density at radius 1 is 0.970 bits per heavy atom. The van der Waals surface area contributed by atoms with Crippen molar-refractivity contribution >= 4 is 48.2 Å². The van der Waals surface area contributed by atoms with Gasteiger partial charge in [0.15, 0.2) is 5.96 Å². The van der Waals surface area contributed by atoms with E-state index in [9.17, 15) is 34.2 Å². The van der Waals surface area contributed by atoms with Crippen LogP contribution in [-0.2, 0) is 24.0 Å². The first-order chi connectivity index (χ1) is 15.3. The summed E-state index contributed by atoms with van der Waals surface area (Å²) < 4.78 is 0. The zero-order valence-corrected chi connectivity index (χ0v) is 18.8. The van der Waals surface area contributed by atoms with Crippen LogP contribution in [0.15, 0.2) is 4.99 Å². The third-order valence-electron chi connectivity index (χ3n) is 4.17. The lowest BCUT2D eigenvalue weighted by molar-refractivity contribution is -0.143. The van der Waals surface area contributed by atoms with Crippen molar-refractivity contribution in [1.82, 2.24) is 16.0 Å². The first-order valence-corrected chi connectivity index (χ1v) is 10.4. The molecule has 16 heteroatoms. The number of carboxylic acids is 2. The maximum atomic E-state index is 12.5. The highest BCUT2D eigenvalue weighted by molar-refractivity contribution is 7.80. The summed E-state index contributed by atoms with van der Waals surface area (Å²) in [6.45, 7) is 1.32. The molecular weight excluding hydrogens is 462 g/mol. The molecule has 0 saturated carbocycles. The van der Waals surface area contributed by atoms with Crippen LogP contribution in [0.25, 0.3) is 0 Å². The molecule has 12 N–H and O–H groups in total. The lowest BCUT2D eigenvalue weighted by Gasteiger charge is -2.26. The molecule has 0 heterocycles. The van der Waals surface area contributed by atoms with Crippen LogP contribution in [0.2, 0.25) is 0 Å². The number of aliphatic carboxylic acids is 2. The topological polar surface area (TPSA) is 273 Å². The van der Waals surface area contributed by atoms with Crippen LogP contribution in [-0.4, -0.2) is 93.5 Å². The van der Waals surface area contributed by atoms with Crippen LogP contribution in [0.4, 0.5) is 0 Å². The number of hydrogen-bond acceptors (Lipinski definition) is 9. The van der Waals surface area contributed by atoms with Gasteiger partial charge in [-0.1, -0.05) is 0 Å². The SMILES string of the molecule is CC(O)C(NC(=O)C(CS)NC(=O)C(N)CC(=O)O)C(=O)NC(CCCN=C(N)N)C(=O)O. The van der Waals surface area contributed by atoms with Crippen LogP contribution in [0.5, 0.6) is 0 Å². The predicted octanol–water partition coefficient (Wildman–Crippen LogP) is -4.31. The van der Waals surface area contributed by atoms with E-state index in [1.165, 1.54) is 6.92 Å². The second kappa shape index (κ2) is 14.9. The third kappa shape index (κ3) is 11.9. The standard InChI is InChI=1S/C17H31N7O8S/c1-7(25)12(15(30)22-9(16(31)32)3-2-4-21-17(19)20)24-14(29)10(6-33)23-13(28)8(18)5-11(26)27/h7-10,12,25,33H,2-6,18H2,1H3,(H,22,30)(H,23,28)(H,24,29)(H,26,27)(H,31,32)(H4,19,20,21). The van der Waals surface area contributed by atoms with Crippen molar-refractivity contribution in [1.29, 1.82) is 0 Å². The fourth-order valence-electron chi connectivity index (χ4n) is 2.44. The Labute approximate surface area is 194 Å². The maximum absolute atomic E-state index is 12.5. The fraction of sp³-hybridized carbons (Fsp3) is 0.647. The van der Waals surface area contributed by atoms with Crippen LogP contribution in [0.3, 0.4) is 0 Å². The average molecular weight is 494 g/mol. The van der Waals surface area contributed by atoms with E-state index in [0.29, 0.717) is 0 Å². The number of nitrogens with one attached hydrogen (secondary N) is 3. The van der Waals surface area contributed by atoms with Gasteiger partial charge in [0.1, 0.15) is 18.1 Å². The van der Waals surface area contributed by atoms with E-state index in [0.717, 1.165) is 0 Å². The number of nitrogens with two attached hydrogens (primary N) is 3. The minimum Gasteiger partial charge on any atom is -0.481 e. The fourth-order valence-corrected chi connectivity index (χ4v) is 2.69. The number of guanidine groups is 1. The number of aliphatic hydroxyl groups excluding tert-OH is 1. The van der Waals surface area contributed by atoms with Gasteiger partial charge in [0.25, 0.3) is 0 Å². The number of carbonyl (C=O) groups excluding carboxylic acids is 3. The Hall–Kier alpha value is -3.11. The zero-order valence-electron chi connectivity index (χ0n) is 17.9. The highest BCUT2D eigenvalue weighted by atomic mass is 32.1. The molecule has 0 aromatic heterocycles. The molecule has 5 atom stereocenters. The van der Waals surface area contributed by atoms with Gasteiger partial charge in [-0.05, 0) is 19.8 Å². The number of amides is 3. The summed E-state index contributed by atoms with van der Waals surface area (Å²) in [6, 6.07) is -5.66. The van der Waals surface area contributed by atoms with E-state index in [4.69, 9.17) is 22.3 Å². The first kappa shape index (κ1) is 29.9. The van der Waals surface area contributed by atoms with Crippen molar-refractivity contribution < 1.29 is 39.3 Å². The Bertz CT molecular complexity index is 745. The average Bonchev–Trinajstić information content (AvgIpc) is 2.70. The summed E-state index contributed by atoms with van der Waals surface area (Å²) in [5.74, 6) is -5.93. The number of thiol groups is 1. The van der Waals surface area contributed by atoms with E-state index in [1.807, 2.05) is 0 Å². The first-order valence-electron chi connectivity index (χ1n) is 9.75. The molecule has 5 unspecified atom stereocenters. The highest BCUT2D eigenvalue weighted by Gasteiger charge is 2.32. The molecule has 0 aliphatic rings. The van der Waals surface area contributed by atoms with Gasteiger partial charge in [-0.15, -0.1) is 0 Å². The van der Waals surface area contributed by atoms with Crippen molar-refractivity contribution in [3.63, 3.8) is 0 Å². The van der Waals surface area contributed by atoms with Crippen LogP contribution >= 0.6 is 12.6 Å². The molecule has 0 rings (SSSR count). The van der Waals surface area contributed by atoms with Crippen LogP contribution < -0.4 is 33.2 Å². The Balaban J connectivity index is 5.15. The molecule has 0 aromatic rings. The van der Waals surface area contributed by atoms with Gasteiger partial charge in [-0.2, -0.15) is 12.6 Å². The van der Waals surface area contributed by atoms with Gasteiger partial charge < -0.3 is 48.5 Å². The monoisotopic (exact) mass is 493 g/mol. The molecule has 0 saturated heterocycles. The molecule has 0 aliphatic heterocycles. The molecule has 0 radical (unpaired) electrons. The van der Waals surface area contributed by atoms with Crippen LogP contribution in [0, 0.1) is 0 Å². The van der Waals surface area contributed by atoms with Gasteiger partial charge in [-0.25, -0.2) is 4.79 Å². The van der Waals surface area contributed by atoms with Gasteiger partial charge in [0.2, 0.25) is 17.7 Å². The number of rotatable bonds is 15. The molecule has 0 bridgehead atoms. The Morgan fingerprint density at radius 3 is 2.00 bits per heavy atom. The Kier molecular flexibility index (Phi) is 13.5. The molecule has 0 aliphatic carbocycles. The summed E-state index contributed by atoms with van der Waals surface area (Å²) in [7, 11) is 0. The molecule has 0 spiro atoms. The second-order valence-electron chi connectivity index (χ2n) is 7.02. The van der Waals surface area contributed by atoms with E-state index >= 15 is 0 Å². The molecule has 0 fully saturated rings. The zero-order chi connectivity index (χ0) is 25.7. The normalized spacial score (nSPS) is 15.2. The quantitative estimate of drug-likeness (QED) is 0.0451. The third-order valence-corrected chi connectivity index (χ3v) is 4.53. The van der Waals surface area contributed by atoms with Crippen molar-refractivity contribution in [3.8, 4) is 0 Å². The summed E-state index contributed by atoms with van der Waals surface area (Å²) >= 11 is 3.94. The van der Waals surface area contributed by atoms with Gasteiger partial charge in [0, 0.05) is 12.3 Å². The molecule has 188 valence electrons.